The summed E-state index contributed by atoms with van der Waals surface area (Å²) in [5.74, 6) is 0.178. The minimum atomic E-state index is -1.07. The SMILES string of the molecule is CC1CCC(C(=O)Nc2ccnc(C(O)C(C)O)c2)O1.COc1cccc(F)c1C. The third-order valence-corrected chi connectivity index (χ3v) is 4.77. The van der Waals surface area contributed by atoms with Crippen LogP contribution in [0.4, 0.5) is 10.1 Å². The van der Waals surface area contributed by atoms with Crippen LogP contribution in [0.2, 0.25) is 0 Å². The number of anilines is 1. The summed E-state index contributed by atoms with van der Waals surface area (Å²) < 4.78 is 23.1. The third-order valence-electron chi connectivity index (χ3n) is 4.77. The molecule has 1 aliphatic heterocycles. The second-order valence-electron chi connectivity index (χ2n) is 7.22. The molecule has 0 bridgehead atoms. The van der Waals surface area contributed by atoms with Crippen molar-refractivity contribution in [1.29, 1.82) is 0 Å². The maximum Gasteiger partial charge on any atom is 0.253 e. The van der Waals surface area contributed by atoms with E-state index in [0.717, 1.165) is 6.42 Å². The highest BCUT2D eigenvalue weighted by Gasteiger charge is 2.28. The van der Waals surface area contributed by atoms with E-state index >= 15 is 0 Å². The average molecular weight is 420 g/mol. The molecule has 3 rings (SSSR count). The summed E-state index contributed by atoms with van der Waals surface area (Å²) in [6, 6.07) is 7.96. The van der Waals surface area contributed by atoms with Crippen LogP contribution in [0, 0.1) is 12.7 Å². The predicted molar refractivity (Wildman–Crippen MR) is 111 cm³/mol. The number of hydrogen-bond donors (Lipinski definition) is 3. The monoisotopic (exact) mass is 420 g/mol. The van der Waals surface area contributed by atoms with Crippen LogP contribution in [-0.4, -0.2) is 46.5 Å². The number of nitrogens with zero attached hydrogens (tertiary/aromatic N) is 1. The first-order chi connectivity index (χ1) is 14.2. The summed E-state index contributed by atoms with van der Waals surface area (Å²) in [6.45, 7) is 5.11. The third kappa shape index (κ3) is 6.48. The molecule has 1 amide bonds. The van der Waals surface area contributed by atoms with Gasteiger partial charge in [0.1, 0.15) is 23.8 Å². The zero-order valence-corrected chi connectivity index (χ0v) is 17.6. The van der Waals surface area contributed by atoms with Crippen molar-refractivity contribution in [2.24, 2.45) is 0 Å². The molecule has 3 N–H and O–H groups in total. The fraction of sp³-hybridized carbons (Fsp3) is 0.455. The van der Waals surface area contributed by atoms with Crippen LogP contribution in [0.3, 0.4) is 0 Å². The fourth-order valence-electron chi connectivity index (χ4n) is 2.96. The lowest BCUT2D eigenvalue weighted by Gasteiger charge is -2.15. The summed E-state index contributed by atoms with van der Waals surface area (Å²) in [7, 11) is 1.53. The van der Waals surface area contributed by atoms with Crippen molar-refractivity contribution >= 4 is 11.6 Å². The van der Waals surface area contributed by atoms with Crippen molar-refractivity contribution in [2.45, 2.75) is 58.0 Å². The van der Waals surface area contributed by atoms with E-state index in [4.69, 9.17) is 9.47 Å². The Morgan fingerprint density at radius 1 is 1.33 bits per heavy atom. The number of benzene rings is 1. The number of methoxy groups -OCH3 is 1. The van der Waals surface area contributed by atoms with Gasteiger partial charge in [0.25, 0.3) is 5.91 Å². The van der Waals surface area contributed by atoms with Crippen molar-refractivity contribution in [3.8, 4) is 5.75 Å². The largest absolute Gasteiger partial charge is 0.496 e. The van der Waals surface area contributed by atoms with Gasteiger partial charge < -0.3 is 25.0 Å². The van der Waals surface area contributed by atoms with Crippen LogP contribution in [0.25, 0.3) is 0 Å². The number of ether oxygens (including phenoxy) is 2. The van der Waals surface area contributed by atoms with Crippen LogP contribution >= 0.6 is 0 Å². The van der Waals surface area contributed by atoms with E-state index in [1.54, 1.807) is 31.2 Å². The topological polar surface area (TPSA) is 101 Å². The van der Waals surface area contributed by atoms with E-state index in [9.17, 15) is 19.4 Å². The van der Waals surface area contributed by atoms with Crippen molar-refractivity contribution in [3.63, 3.8) is 0 Å². The molecule has 0 aliphatic carbocycles. The molecular weight excluding hydrogens is 391 g/mol. The van der Waals surface area contributed by atoms with Gasteiger partial charge in [0.15, 0.2) is 0 Å². The molecule has 1 saturated heterocycles. The highest BCUT2D eigenvalue weighted by Crippen LogP contribution is 2.22. The van der Waals surface area contributed by atoms with Crippen LogP contribution in [-0.2, 0) is 9.53 Å². The molecule has 2 aromatic rings. The lowest BCUT2D eigenvalue weighted by atomic mass is 10.1. The molecule has 0 spiro atoms. The van der Waals surface area contributed by atoms with Crippen molar-refractivity contribution < 1.29 is 28.9 Å². The molecule has 0 saturated carbocycles. The van der Waals surface area contributed by atoms with E-state index in [1.165, 1.54) is 26.3 Å². The number of halogens is 1. The summed E-state index contributed by atoms with van der Waals surface area (Å²) in [6.07, 6.45) is 0.747. The second kappa shape index (κ2) is 11.0. The molecular formula is C22H29FN2O5. The van der Waals surface area contributed by atoms with Gasteiger partial charge in [-0.3, -0.25) is 9.78 Å². The minimum absolute atomic E-state index is 0.107. The van der Waals surface area contributed by atoms with E-state index in [2.05, 4.69) is 10.3 Å². The van der Waals surface area contributed by atoms with Gasteiger partial charge in [-0.1, -0.05) is 6.07 Å². The number of aliphatic hydroxyl groups is 2. The molecule has 1 aromatic heterocycles. The van der Waals surface area contributed by atoms with Gasteiger partial charge in [-0.05, 0) is 57.9 Å². The van der Waals surface area contributed by atoms with Gasteiger partial charge in [-0.2, -0.15) is 0 Å². The van der Waals surface area contributed by atoms with Gasteiger partial charge in [-0.15, -0.1) is 0 Å². The quantitative estimate of drug-likeness (QED) is 0.687. The van der Waals surface area contributed by atoms with E-state index < -0.39 is 18.3 Å². The Hall–Kier alpha value is -2.55. The number of amides is 1. The summed E-state index contributed by atoms with van der Waals surface area (Å²) in [5, 5.41) is 21.8. The molecule has 1 fully saturated rings. The summed E-state index contributed by atoms with van der Waals surface area (Å²) in [4.78, 5) is 16.0. The molecule has 4 atom stereocenters. The standard InChI is InChI=1S/C14H20N2O4.C8H9FO/c1-8-3-4-12(20-8)14(19)16-10-5-6-15-11(7-10)13(18)9(2)17;1-6-7(9)4-3-5-8(6)10-2/h5-9,12-13,17-18H,3-4H2,1-2H3,(H,15,16,19);3-5H,1-2H3. The van der Waals surface area contributed by atoms with Gasteiger partial charge in [0.05, 0.1) is 25.0 Å². The number of rotatable bonds is 5. The lowest BCUT2D eigenvalue weighted by Crippen LogP contribution is -2.27. The molecule has 1 aliphatic rings. The predicted octanol–water partition coefficient (Wildman–Crippen LogP) is 3.14. The zero-order chi connectivity index (χ0) is 22.3. The number of carbonyl (C=O) groups excluding carboxylic acids is 1. The molecule has 0 radical (unpaired) electrons. The van der Waals surface area contributed by atoms with Crippen LogP contribution in [0.5, 0.6) is 5.75 Å². The maximum atomic E-state index is 12.7. The van der Waals surface area contributed by atoms with Crippen LogP contribution in [0.1, 0.15) is 44.1 Å². The summed E-state index contributed by atoms with van der Waals surface area (Å²) >= 11 is 0. The first kappa shape index (κ1) is 23.7. The number of aromatic nitrogens is 1. The lowest BCUT2D eigenvalue weighted by molar-refractivity contribution is -0.126. The van der Waals surface area contributed by atoms with Gasteiger partial charge in [0.2, 0.25) is 0 Å². The Balaban J connectivity index is 0.000000269. The number of hydrogen-bond acceptors (Lipinski definition) is 6. The smallest absolute Gasteiger partial charge is 0.253 e. The number of carbonyl (C=O) groups is 1. The van der Waals surface area contributed by atoms with E-state index in [1.807, 2.05) is 6.92 Å². The van der Waals surface area contributed by atoms with Gasteiger partial charge >= 0.3 is 0 Å². The highest BCUT2D eigenvalue weighted by atomic mass is 19.1. The normalized spacial score (nSPS) is 20.0. The first-order valence-electron chi connectivity index (χ1n) is 9.80. The second-order valence-corrected chi connectivity index (χ2v) is 7.22. The Morgan fingerprint density at radius 3 is 2.63 bits per heavy atom. The Morgan fingerprint density at radius 2 is 2.07 bits per heavy atom. The molecule has 164 valence electrons. The van der Waals surface area contributed by atoms with Crippen molar-refractivity contribution in [2.75, 3.05) is 12.4 Å². The van der Waals surface area contributed by atoms with Crippen molar-refractivity contribution in [1.82, 2.24) is 4.98 Å². The number of nitrogens with one attached hydrogen (secondary N) is 1. The molecule has 7 nitrogen and oxygen atoms in total. The van der Waals surface area contributed by atoms with Crippen LogP contribution < -0.4 is 10.1 Å². The number of pyridine rings is 1. The molecule has 30 heavy (non-hydrogen) atoms. The Bertz CT molecular complexity index is 846. The van der Waals surface area contributed by atoms with Gasteiger partial charge in [0, 0.05) is 17.4 Å². The molecule has 2 heterocycles. The number of aliphatic hydroxyl groups excluding tert-OH is 2. The highest BCUT2D eigenvalue weighted by molar-refractivity contribution is 5.94. The molecule has 4 unspecified atom stereocenters. The molecule has 1 aromatic carbocycles. The zero-order valence-electron chi connectivity index (χ0n) is 17.6. The van der Waals surface area contributed by atoms with E-state index in [-0.39, 0.29) is 17.8 Å². The van der Waals surface area contributed by atoms with Gasteiger partial charge in [-0.25, -0.2) is 4.39 Å². The Labute approximate surface area is 175 Å². The fourth-order valence-corrected chi connectivity index (χ4v) is 2.96. The average Bonchev–Trinajstić information content (AvgIpc) is 3.16. The van der Waals surface area contributed by atoms with Crippen LogP contribution in [0.15, 0.2) is 36.5 Å². The Kier molecular flexibility index (Phi) is 8.71. The first-order valence-corrected chi connectivity index (χ1v) is 9.80. The minimum Gasteiger partial charge on any atom is -0.496 e. The maximum absolute atomic E-state index is 12.7. The summed E-state index contributed by atoms with van der Waals surface area (Å²) in [5.41, 5.74) is 1.41. The van der Waals surface area contributed by atoms with E-state index in [0.29, 0.717) is 29.1 Å². The van der Waals surface area contributed by atoms with Crippen molar-refractivity contribution in [3.05, 3.63) is 53.6 Å². The molecule has 8 heteroatoms.